The van der Waals surface area contributed by atoms with Crippen LogP contribution in [0.5, 0.6) is 11.6 Å². The van der Waals surface area contributed by atoms with Crippen LogP contribution in [-0.2, 0) is 16.6 Å². The first-order valence-corrected chi connectivity index (χ1v) is 16.4. The molecule has 46 heavy (non-hydrogen) atoms. The summed E-state index contributed by atoms with van der Waals surface area (Å²) < 4.78 is 60.1. The smallest absolute Gasteiger partial charge is 0.322 e. The minimum absolute atomic E-state index is 0. The number of primary amides is 1. The van der Waals surface area contributed by atoms with Crippen molar-refractivity contribution in [1.82, 2.24) is 14.8 Å². The van der Waals surface area contributed by atoms with Crippen LogP contribution < -0.4 is 20.5 Å². The number of hydrogen-bond acceptors (Lipinski definition) is 7. The minimum atomic E-state index is -3.36. The van der Waals surface area contributed by atoms with Crippen molar-refractivity contribution in [1.29, 1.82) is 0 Å². The number of rotatable bonds is 13. The summed E-state index contributed by atoms with van der Waals surface area (Å²) in [4.78, 5) is 33.1. The Bertz CT molecular complexity index is 1590. The van der Waals surface area contributed by atoms with Crippen molar-refractivity contribution in [2.75, 3.05) is 35.4 Å². The maximum atomic E-state index is 14.4. The molecular formula is C31H39ClF2N6O5S. The van der Waals surface area contributed by atoms with Crippen LogP contribution in [0.4, 0.5) is 25.0 Å². The molecule has 4 N–H and O–H groups in total. The van der Waals surface area contributed by atoms with E-state index in [0.29, 0.717) is 49.3 Å². The number of pyridine rings is 1. The van der Waals surface area contributed by atoms with Gasteiger partial charge in [-0.3, -0.25) is 14.4 Å². The van der Waals surface area contributed by atoms with Crippen molar-refractivity contribution in [2.24, 2.45) is 5.73 Å². The van der Waals surface area contributed by atoms with Gasteiger partial charge < -0.3 is 20.7 Å². The van der Waals surface area contributed by atoms with Gasteiger partial charge in [-0.2, -0.15) is 0 Å². The van der Waals surface area contributed by atoms with E-state index in [1.807, 2.05) is 13.0 Å². The largest absolute Gasteiger partial charge is 0.439 e. The number of amides is 3. The number of piperidine rings is 1. The van der Waals surface area contributed by atoms with E-state index in [9.17, 15) is 26.8 Å². The second-order valence-electron chi connectivity index (χ2n) is 10.8. The van der Waals surface area contributed by atoms with Crippen molar-refractivity contribution in [3.63, 3.8) is 0 Å². The van der Waals surface area contributed by atoms with E-state index in [1.165, 1.54) is 0 Å². The quantitative estimate of drug-likeness (QED) is 0.209. The number of unbranched alkanes of at least 4 members (excludes halogenated alkanes) is 1. The fourth-order valence-electron chi connectivity index (χ4n) is 4.97. The summed E-state index contributed by atoms with van der Waals surface area (Å²) in [7, 11) is -3.36. The molecular weight excluding hydrogens is 642 g/mol. The van der Waals surface area contributed by atoms with Gasteiger partial charge in [-0.1, -0.05) is 19.4 Å². The highest BCUT2D eigenvalue weighted by molar-refractivity contribution is 7.92. The number of carbonyl (C=O) groups is 2. The summed E-state index contributed by atoms with van der Waals surface area (Å²) in [6.07, 6.45) is 4.76. The van der Waals surface area contributed by atoms with Crippen molar-refractivity contribution in [2.45, 2.75) is 52.1 Å². The molecule has 0 radical (unpaired) electrons. The Morgan fingerprint density at radius 3 is 2.35 bits per heavy atom. The summed E-state index contributed by atoms with van der Waals surface area (Å²) in [5.41, 5.74) is 5.82. The SMILES string of the molecule is CCCCN(C(=O)Nc1cc(C(N)=O)c(F)cc1F)C1CCN(Cc2ccc(Oc3ccc(NS(=O)(=O)CC)cc3)nc2)CC1.Cl. The first-order valence-electron chi connectivity index (χ1n) is 14.8. The molecule has 15 heteroatoms. The zero-order chi connectivity index (χ0) is 32.6. The summed E-state index contributed by atoms with van der Waals surface area (Å²) in [6.45, 7) is 6.16. The number of aromatic nitrogens is 1. The summed E-state index contributed by atoms with van der Waals surface area (Å²) in [5, 5.41) is 2.50. The lowest BCUT2D eigenvalue weighted by Crippen LogP contribution is -2.49. The van der Waals surface area contributed by atoms with Crippen LogP contribution in [0.2, 0.25) is 0 Å². The van der Waals surface area contributed by atoms with Gasteiger partial charge >= 0.3 is 6.03 Å². The molecule has 1 saturated heterocycles. The number of nitrogens with zero attached hydrogens (tertiary/aromatic N) is 3. The molecule has 0 bridgehead atoms. The van der Waals surface area contributed by atoms with E-state index in [4.69, 9.17) is 10.5 Å². The van der Waals surface area contributed by atoms with E-state index in [-0.39, 0.29) is 29.9 Å². The maximum Gasteiger partial charge on any atom is 0.322 e. The number of ether oxygens (including phenoxy) is 1. The van der Waals surface area contributed by atoms with E-state index in [1.54, 1.807) is 48.4 Å². The van der Waals surface area contributed by atoms with Gasteiger partial charge in [0.25, 0.3) is 5.91 Å². The third-order valence-corrected chi connectivity index (χ3v) is 8.82. The number of nitrogens with one attached hydrogen (secondary N) is 2. The van der Waals surface area contributed by atoms with Crippen molar-refractivity contribution >= 4 is 45.7 Å². The zero-order valence-corrected chi connectivity index (χ0v) is 27.3. The first kappa shape index (κ1) is 36.5. The van der Waals surface area contributed by atoms with Crippen molar-refractivity contribution in [3.05, 3.63) is 77.5 Å². The summed E-state index contributed by atoms with van der Waals surface area (Å²) in [5.74, 6) is -2.23. The number of anilines is 2. The number of hydrogen-bond donors (Lipinski definition) is 3. The van der Waals surface area contributed by atoms with E-state index < -0.39 is 39.2 Å². The predicted octanol–water partition coefficient (Wildman–Crippen LogP) is 5.73. The lowest BCUT2D eigenvalue weighted by Gasteiger charge is -2.38. The van der Waals surface area contributed by atoms with Gasteiger partial charge in [0, 0.05) is 56.2 Å². The lowest BCUT2D eigenvalue weighted by molar-refractivity contribution is 0.0996. The molecule has 0 aliphatic carbocycles. The van der Waals surface area contributed by atoms with Gasteiger partial charge in [-0.25, -0.2) is 27.0 Å². The molecule has 250 valence electrons. The molecule has 0 saturated carbocycles. The Hall–Kier alpha value is -4.01. The van der Waals surface area contributed by atoms with Crippen LogP contribution in [0.15, 0.2) is 54.7 Å². The molecule has 1 aliphatic rings. The predicted molar refractivity (Wildman–Crippen MR) is 175 cm³/mol. The molecule has 0 spiro atoms. The standard InChI is InChI=1S/C31H38F2N6O5S.ClH/c1-3-5-14-39(31(41)36-28-17-25(30(34)40)26(32)18-27(28)33)23-12-15-38(16-13-23)20-21-6-11-29(35-19-21)44-24-9-7-22(8-10-24)37-45(42,43)4-2;/h6-11,17-19,23,37H,3-5,12-16,20H2,1-2H3,(H2,34,40)(H,36,41);1H. The number of nitrogens with two attached hydrogens (primary N) is 1. The monoisotopic (exact) mass is 680 g/mol. The molecule has 2 heterocycles. The van der Waals surface area contributed by atoms with Crippen LogP contribution in [0.3, 0.4) is 0 Å². The summed E-state index contributed by atoms with van der Waals surface area (Å²) in [6, 6.07) is 11.1. The van der Waals surface area contributed by atoms with E-state index >= 15 is 0 Å². The highest BCUT2D eigenvalue weighted by Gasteiger charge is 2.28. The maximum absolute atomic E-state index is 14.4. The number of halogens is 3. The van der Waals surface area contributed by atoms with Crippen molar-refractivity contribution < 1.29 is 31.5 Å². The Morgan fingerprint density at radius 1 is 1.07 bits per heavy atom. The third kappa shape index (κ3) is 9.99. The van der Waals surface area contributed by atoms with E-state index in [0.717, 1.165) is 37.6 Å². The molecule has 2 aromatic carbocycles. The van der Waals surface area contributed by atoms with Gasteiger partial charge in [-0.15, -0.1) is 12.4 Å². The molecule has 3 aromatic rings. The van der Waals surface area contributed by atoms with E-state index in [2.05, 4.69) is 19.9 Å². The Kier molecular flexibility index (Phi) is 13.1. The molecule has 1 aliphatic heterocycles. The Morgan fingerprint density at radius 2 is 1.76 bits per heavy atom. The zero-order valence-electron chi connectivity index (χ0n) is 25.7. The normalized spacial score (nSPS) is 13.8. The molecule has 0 atom stereocenters. The van der Waals surface area contributed by atoms with Crippen LogP contribution >= 0.6 is 12.4 Å². The minimum Gasteiger partial charge on any atom is -0.439 e. The Labute approximate surface area is 274 Å². The van der Waals surface area contributed by atoms with Crippen LogP contribution in [0.1, 0.15) is 55.5 Å². The first-order chi connectivity index (χ1) is 21.5. The van der Waals surface area contributed by atoms with Crippen LogP contribution in [-0.4, -0.2) is 66.6 Å². The second-order valence-corrected chi connectivity index (χ2v) is 12.8. The molecule has 1 fully saturated rings. The molecule has 11 nitrogen and oxygen atoms in total. The van der Waals surface area contributed by atoms with Crippen LogP contribution in [0.25, 0.3) is 0 Å². The number of benzene rings is 2. The van der Waals surface area contributed by atoms with Gasteiger partial charge in [-0.05, 0) is 62.1 Å². The fourth-order valence-corrected chi connectivity index (χ4v) is 5.61. The van der Waals surface area contributed by atoms with Gasteiger partial charge in [0.15, 0.2) is 0 Å². The van der Waals surface area contributed by atoms with Gasteiger partial charge in [0.1, 0.15) is 17.4 Å². The fraction of sp³-hybridized carbons (Fsp3) is 0.387. The molecule has 0 unspecified atom stereocenters. The molecule has 1 aromatic heterocycles. The highest BCUT2D eigenvalue weighted by atomic mass is 35.5. The van der Waals surface area contributed by atoms with Crippen LogP contribution in [0, 0.1) is 11.6 Å². The third-order valence-electron chi connectivity index (χ3n) is 7.51. The number of likely N-dealkylation sites (tertiary alicyclic amines) is 1. The van der Waals surface area contributed by atoms with Gasteiger partial charge in [0.2, 0.25) is 15.9 Å². The average molecular weight is 681 g/mol. The highest BCUT2D eigenvalue weighted by Crippen LogP contribution is 2.25. The molecule has 4 rings (SSSR count). The molecule has 3 amide bonds. The van der Waals surface area contributed by atoms with Crippen molar-refractivity contribution in [3.8, 4) is 11.6 Å². The van der Waals surface area contributed by atoms with Gasteiger partial charge in [0.05, 0.1) is 17.0 Å². The Balaban J connectivity index is 0.00000576. The average Bonchev–Trinajstić information content (AvgIpc) is 3.01. The number of sulfonamides is 1. The second kappa shape index (κ2) is 16.5. The topological polar surface area (TPSA) is 147 Å². The lowest BCUT2D eigenvalue weighted by atomic mass is 10.0. The number of carbonyl (C=O) groups excluding carboxylic acids is 2. The number of urea groups is 1. The summed E-state index contributed by atoms with van der Waals surface area (Å²) >= 11 is 0.